The minimum Gasteiger partial charge on any atom is -0.349 e. The summed E-state index contributed by atoms with van der Waals surface area (Å²) in [6.45, 7) is 4.25. The molecule has 1 aromatic carbocycles. The molecule has 0 fully saturated rings. The molecule has 0 aliphatic rings. The third-order valence-electron chi connectivity index (χ3n) is 3.91. The minimum absolute atomic E-state index is 0.0817. The molecule has 0 aliphatic heterocycles. The number of nitrogens with zero attached hydrogens (tertiary/aromatic N) is 3. The van der Waals surface area contributed by atoms with E-state index in [2.05, 4.69) is 15.3 Å². The van der Waals surface area contributed by atoms with E-state index < -0.39 is 0 Å². The number of aryl methyl sites for hydroxylation is 1. The second-order valence-electron chi connectivity index (χ2n) is 5.61. The van der Waals surface area contributed by atoms with Gasteiger partial charge in [0.05, 0.1) is 6.33 Å². The largest absolute Gasteiger partial charge is 0.349 e. The highest BCUT2D eigenvalue weighted by molar-refractivity contribution is 7.13. The Morgan fingerprint density at radius 3 is 2.76 bits per heavy atom. The molecule has 0 spiro atoms. The lowest BCUT2D eigenvalue weighted by molar-refractivity contribution is 0.0948. The van der Waals surface area contributed by atoms with Crippen molar-refractivity contribution in [1.82, 2.24) is 19.9 Å². The summed E-state index contributed by atoms with van der Waals surface area (Å²) in [7, 11) is 0. The van der Waals surface area contributed by atoms with Crippen molar-refractivity contribution in [3.63, 3.8) is 0 Å². The maximum absolute atomic E-state index is 12.2. The van der Waals surface area contributed by atoms with Crippen molar-refractivity contribution >= 4 is 17.2 Å². The summed E-state index contributed by atoms with van der Waals surface area (Å²) < 4.78 is 1.50. The molecule has 0 saturated heterocycles. The van der Waals surface area contributed by atoms with E-state index in [0.717, 1.165) is 16.3 Å². The van der Waals surface area contributed by atoms with Crippen LogP contribution in [0.25, 0.3) is 10.6 Å². The van der Waals surface area contributed by atoms with Crippen LogP contribution in [0.1, 0.15) is 21.7 Å². The van der Waals surface area contributed by atoms with E-state index in [4.69, 9.17) is 0 Å². The number of nitrogens with one attached hydrogen (secondary N) is 1. The highest BCUT2D eigenvalue weighted by Crippen LogP contribution is 2.23. The number of carbonyl (C=O) groups excluding carboxylic acids is 1. The smallest absolute Gasteiger partial charge is 0.270 e. The van der Waals surface area contributed by atoms with Crippen LogP contribution in [0.3, 0.4) is 0 Å². The highest BCUT2D eigenvalue weighted by atomic mass is 32.1. The van der Waals surface area contributed by atoms with Gasteiger partial charge >= 0.3 is 0 Å². The number of hydrogen-bond donors (Lipinski definition) is 1. The molecule has 1 amide bonds. The molecule has 0 bridgehead atoms. The summed E-state index contributed by atoms with van der Waals surface area (Å²) in [5.41, 5.74) is 2.64. The quantitative estimate of drug-likeness (QED) is 0.763. The first-order chi connectivity index (χ1) is 12.1. The third-order valence-corrected chi connectivity index (χ3v) is 4.80. The van der Waals surface area contributed by atoms with Crippen molar-refractivity contribution < 1.29 is 4.79 Å². The molecule has 2 heterocycles. The molecule has 6 nitrogen and oxygen atoms in total. The van der Waals surface area contributed by atoms with Crippen LogP contribution in [-0.4, -0.2) is 27.0 Å². The van der Waals surface area contributed by atoms with Crippen LogP contribution in [0.4, 0.5) is 0 Å². The van der Waals surface area contributed by atoms with Crippen molar-refractivity contribution in [2.24, 2.45) is 0 Å². The topological polar surface area (TPSA) is 76.9 Å². The Bertz CT molecular complexity index is 947. The summed E-state index contributed by atoms with van der Waals surface area (Å²) in [6.07, 6.45) is 1.51. The van der Waals surface area contributed by atoms with Crippen LogP contribution >= 0.6 is 11.3 Å². The molecule has 3 aromatic rings. The van der Waals surface area contributed by atoms with E-state index in [0.29, 0.717) is 24.3 Å². The predicted molar refractivity (Wildman–Crippen MR) is 97.9 cm³/mol. The number of aromatic nitrogens is 3. The van der Waals surface area contributed by atoms with E-state index in [1.165, 1.54) is 22.2 Å². The van der Waals surface area contributed by atoms with E-state index in [1.54, 1.807) is 19.2 Å². The molecule has 25 heavy (non-hydrogen) atoms. The van der Waals surface area contributed by atoms with Gasteiger partial charge in [-0.2, -0.15) is 0 Å². The zero-order chi connectivity index (χ0) is 17.8. The Kier molecular flexibility index (Phi) is 5.04. The lowest BCUT2D eigenvalue weighted by Crippen LogP contribution is -2.32. The number of thiazole rings is 1. The van der Waals surface area contributed by atoms with Gasteiger partial charge in [-0.25, -0.2) is 9.97 Å². The Balaban J connectivity index is 1.61. The number of rotatable bonds is 5. The van der Waals surface area contributed by atoms with Crippen molar-refractivity contribution in [3.05, 3.63) is 69.3 Å². The van der Waals surface area contributed by atoms with E-state index >= 15 is 0 Å². The molecule has 7 heteroatoms. The molecule has 3 rings (SSSR count). The second-order valence-corrected chi connectivity index (χ2v) is 6.47. The van der Waals surface area contributed by atoms with Crippen molar-refractivity contribution in [3.8, 4) is 10.6 Å². The number of amides is 1. The maximum atomic E-state index is 12.2. The van der Waals surface area contributed by atoms with Crippen LogP contribution < -0.4 is 10.9 Å². The number of carbonyl (C=O) groups is 1. The lowest BCUT2D eigenvalue weighted by atomic mass is 10.2. The van der Waals surface area contributed by atoms with Gasteiger partial charge in [0.1, 0.15) is 10.7 Å². The van der Waals surface area contributed by atoms with Gasteiger partial charge in [-0.05, 0) is 13.8 Å². The van der Waals surface area contributed by atoms with Gasteiger partial charge in [0, 0.05) is 35.3 Å². The fourth-order valence-electron chi connectivity index (χ4n) is 2.31. The van der Waals surface area contributed by atoms with Gasteiger partial charge in [0.2, 0.25) is 0 Å². The molecule has 0 radical (unpaired) electrons. The van der Waals surface area contributed by atoms with Crippen LogP contribution in [0.15, 0.2) is 46.8 Å². The first kappa shape index (κ1) is 17.0. The molecular weight excluding hydrogens is 336 g/mol. The standard InChI is InChI=1S/C18H18N4O2S/c1-12-13(2)20-11-22(18(12)24)9-8-19-16(23)15-10-25-17(21-15)14-6-4-3-5-7-14/h3-7,10-11H,8-9H2,1-2H3,(H,19,23). The number of benzene rings is 1. The first-order valence-corrected chi connectivity index (χ1v) is 8.76. The Labute approximate surface area is 149 Å². The van der Waals surface area contributed by atoms with E-state index in [1.807, 2.05) is 30.3 Å². The maximum Gasteiger partial charge on any atom is 0.270 e. The van der Waals surface area contributed by atoms with Crippen LogP contribution in [0, 0.1) is 13.8 Å². The fraction of sp³-hybridized carbons (Fsp3) is 0.222. The van der Waals surface area contributed by atoms with Crippen LogP contribution in [-0.2, 0) is 6.54 Å². The van der Waals surface area contributed by atoms with Crippen LogP contribution in [0.2, 0.25) is 0 Å². The molecular formula is C18H18N4O2S. The van der Waals surface area contributed by atoms with Gasteiger partial charge < -0.3 is 5.32 Å². The monoisotopic (exact) mass is 354 g/mol. The SMILES string of the molecule is Cc1ncn(CCNC(=O)c2csc(-c3ccccc3)n2)c(=O)c1C. The normalized spacial score (nSPS) is 10.6. The third kappa shape index (κ3) is 3.83. The lowest BCUT2D eigenvalue weighted by Gasteiger charge is -2.08. The minimum atomic E-state index is -0.247. The molecule has 0 unspecified atom stereocenters. The van der Waals surface area contributed by atoms with Gasteiger partial charge in [-0.3, -0.25) is 14.2 Å². The molecule has 0 aliphatic carbocycles. The van der Waals surface area contributed by atoms with Crippen molar-refractivity contribution in [2.45, 2.75) is 20.4 Å². The summed E-state index contributed by atoms with van der Waals surface area (Å²) in [4.78, 5) is 32.9. The average molecular weight is 354 g/mol. The molecule has 1 N–H and O–H groups in total. The summed E-state index contributed by atoms with van der Waals surface area (Å²) in [5.74, 6) is -0.247. The highest BCUT2D eigenvalue weighted by Gasteiger charge is 2.11. The average Bonchev–Trinajstić information content (AvgIpc) is 3.12. The summed E-state index contributed by atoms with van der Waals surface area (Å²) >= 11 is 1.43. The Morgan fingerprint density at radius 2 is 2.00 bits per heavy atom. The summed E-state index contributed by atoms with van der Waals surface area (Å²) in [5, 5.41) is 5.33. The number of hydrogen-bond acceptors (Lipinski definition) is 5. The predicted octanol–water partition coefficient (Wildman–Crippen LogP) is 2.41. The molecule has 2 aromatic heterocycles. The van der Waals surface area contributed by atoms with Gasteiger partial charge in [0.25, 0.3) is 11.5 Å². The Hall–Kier alpha value is -2.80. The summed E-state index contributed by atoms with van der Waals surface area (Å²) in [6, 6.07) is 9.73. The van der Waals surface area contributed by atoms with Gasteiger partial charge in [0.15, 0.2) is 0 Å². The zero-order valence-electron chi connectivity index (χ0n) is 14.0. The Morgan fingerprint density at radius 1 is 1.24 bits per heavy atom. The zero-order valence-corrected chi connectivity index (χ0v) is 14.8. The molecule has 128 valence electrons. The first-order valence-electron chi connectivity index (χ1n) is 7.88. The van der Waals surface area contributed by atoms with Gasteiger partial charge in [-0.15, -0.1) is 11.3 Å². The van der Waals surface area contributed by atoms with E-state index in [-0.39, 0.29) is 11.5 Å². The second kappa shape index (κ2) is 7.40. The van der Waals surface area contributed by atoms with Gasteiger partial charge in [-0.1, -0.05) is 30.3 Å². The fourth-order valence-corrected chi connectivity index (χ4v) is 3.11. The molecule has 0 saturated carbocycles. The van der Waals surface area contributed by atoms with Crippen molar-refractivity contribution in [2.75, 3.05) is 6.54 Å². The molecule has 0 atom stereocenters. The van der Waals surface area contributed by atoms with Crippen molar-refractivity contribution in [1.29, 1.82) is 0 Å². The van der Waals surface area contributed by atoms with Crippen LogP contribution in [0.5, 0.6) is 0 Å². The van der Waals surface area contributed by atoms with E-state index in [9.17, 15) is 9.59 Å².